The fourth-order valence-electron chi connectivity index (χ4n) is 1.12. The molecule has 0 aliphatic rings. The van der Waals surface area contributed by atoms with Gasteiger partial charge in [-0.25, -0.2) is 4.68 Å². The molecule has 0 saturated heterocycles. The normalized spacial score (nSPS) is 10.1. The number of amides is 1. The van der Waals surface area contributed by atoms with Crippen LogP contribution in [0.1, 0.15) is 10.5 Å². The highest BCUT2D eigenvalue weighted by Gasteiger charge is 2.06. The predicted octanol–water partition coefficient (Wildman–Crippen LogP) is 0.626. The van der Waals surface area contributed by atoms with E-state index in [1.807, 2.05) is 6.20 Å². The molecule has 7 heteroatoms. The summed E-state index contributed by atoms with van der Waals surface area (Å²) >= 11 is 2.16. The molecule has 1 N–H and O–H groups in total. The van der Waals surface area contributed by atoms with Gasteiger partial charge in [0.05, 0.1) is 9.77 Å². The van der Waals surface area contributed by atoms with Crippen molar-refractivity contribution in [3.8, 4) is 5.82 Å². The molecule has 0 spiro atoms. The number of nitrogens with one attached hydrogen (secondary N) is 1. The first-order valence-electron chi connectivity index (χ1n) is 4.47. The quantitative estimate of drug-likeness (QED) is 0.820. The first-order chi connectivity index (χ1) is 7.70. The topological polar surface area (TPSA) is 72.7 Å². The molecule has 1 amide bonds. The Labute approximate surface area is 105 Å². The minimum Gasteiger partial charge on any atom is -0.354 e. The van der Waals surface area contributed by atoms with Gasteiger partial charge in [0.1, 0.15) is 0 Å². The molecule has 0 bridgehead atoms. The molecule has 2 aromatic heterocycles. The molecule has 0 aliphatic carbocycles. The van der Waals surface area contributed by atoms with E-state index in [1.165, 1.54) is 0 Å². The molecule has 2 rings (SSSR count). The summed E-state index contributed by atoms with van der Waals surface area (Å²) in [6.45, 7) is 0. The van der Waals surface area contributed by atoms with Crippen LogP contribution >= 0.6 is 22.6 Å². The zero-order valence-corrected chi connectivity index (χ0v) is 10.5. The maximum absolute atomic E-state index is 11.2. The third kappa shape index (κ3) is 2.18. The van der Waals surface area contributed by atoms with Crippen LogP contribution < -0.4 is 5.32 Å². The average Bonchev–Trinajstić information content (AvgIpc) is 2.75. The molecule has 0 radical (unpaired) electrons. The molecule has 2 heterocycles. The SMILES string of the molecule is CNC(=O)c1ccc(-n2cc(I)cn2)nn1. The monoisotopic (exact) mass is 329 g/mol. The lowest BCUT2D eigenvalue weighted by atomic mass is 10.3. The highest BCUT2D eigenvalue weighted by atomic mass is 127. The maximum Gasteiger partial charge on any atom is 0.271 e. The summed E-state index contributed by atoms with van der Waals surface area (Å²) < 4.78 is 2.61. The van der Waals surface area contributed by atoms with Gasteiger partial charge in [0.2, 0.25) is 0 Å². The highest BCUT2D eigenvalue weighted by Crippen LogP contribution is 2.06. The van der Waals surface area contributed by atoms with Crippen molar-refractivity contribution in [1.82, 2.24) is 25.3 Å². The molecule has 0 saturated carbocycles. The van der Waals surface area contributed by atoms with Gasteiger partial charge >= 0.3 is 0 Å². The van der Waals surface area contributed by atoms with E-state index in [1.54, 1.807) is 30.1 Å². The second-order valence-corrected chi connectivity index (χ2v) is 4.20. The number of carbonyl (C=O) groups is 1. The Morgan fingerprint density at radius 2 is 2.25 bits per heavy atom. The Hall–Kier alpha value is -1.51. The molecule has 0 atom stereocenters. The second kappa shape index (κ2) is 4.56. The largest absolute Gasteiger partial charge is 0.354 e. The molecule has 0 aromatic carbocycles. The number of hydrogen-bond donors (Lipinski definition) is 1. The maximum atomic E-state index is 11.2. The van der Waals surface area contributed by atoms with E-state index in [9.17, 15) is 4.79 Å². The molecule has 0 aliphatic heterocycles. The van der Waals surface area contributed by atoms with Crippen molar-refractivity contribution in [1.29, 1.82) is 0 Å². The van der Waals surface area contributed by atoms with Crippen molar-refractivity contribution in [2.24, 2.45) is 0 Å². The highest BCUT2D eigenvalue weighted by molar-refractivity contribution is 14.1. The molecule has 0 unspecified atom stereocenters. The van der Waals surface area contributed by atoms with Gasteiger partial charge in [0.15, 0.2) is 11.5 Å². The van der Waals surface area contributed by atoms with Crippen LogP contribution in [0, 0.1) is 3.57 Å². The van der Waals surface area contributed by atoms with Crippen LogP contribution in [0.3, 0.4) is 0 Å². The Kier molecular flexibility index (Phi) is 3.13. The van der Waals surface area contributed by atoms with Gasteiger partial charge in [-0.1, -0.05) is 0 Å². The van der Waals surface area contributed by atoms with Crippen LogP contribution in [-0.2, 0) is 0 Å². The smallest absolute Gasteiger partial charge is 0.271 e. The van der Waals surface area contributed by atoms with Gasteiger partial charge < -0.3 is 5.32 Å². The van der Waals surface area contributed by atoms with E-state index in [2.05, 4.69) is 43.2 Å². The zero-order valence-electron chi connectivity index (χ0n) is 8.38. The molecular formula is C9H8IN5O. The van der Waals surface area contributed by atoms with Crippen LogP contribution in [0.25, 0.3) is 5.82 Å². The molecule has 2 aromatic rings. The number of rotatable bonds is 2. The van der Waals surface area contributed by atoms with Crippen molar-refractivity contribution in [2.75, 3.05) is 7.05 Å². The van der Waals surface area contributed by atoms with E-state index in [0.717, 1.165) is 3.57 Å². The average molecular weight is 329 g/mol. The lowest BCUT2D eigenvalue weighted by Crippen LogP contribution is -2.19. The minimum atomic E-state index is -0.255. The number of nitrogens with zero attached hydrogens (tertiary/aromatic N) is 4. The van der Waals surface area contributed by atoms with Crippen molar-refractivity contribution < 1.29 is 4.79 Å². The number of carbonyl (C=O) groups excluding carboxylic acids is 1. The zero-order chi connectivity index (χ0) is 11.5. The van der Waals surface area contributed by atoms with Crippen molar-refractivity contribution in [3.63, 3.8) is 0 Å². The Morgan fingerprint density at radius 1 is 1.44 bits per heavy atom. The predicted molar refractivity (Wildman–Crippen MR) is 65.3 cm³/mol. The molecule has 6 nitrogen and oxygen atoms in total. The Bertz CT molecular complexity index is 507. The Balaban J connectivity index is 2.29. The first-order valence-corrected chi connectivity index (χ1v) is 5.55. The lowest BCUT2D eigenvalue weighted by molar-refractivity contribution is 0.0957. The number of halogens is 1. The van der Waals surface area contributed by atoms with Gasteiger partial charge in [-0.3, -0.25) is 4.79 Å². The molecule has 82 valence electrons. The second-order valence-electron chi connectivity index (χ2n) is 2.96. The van der Waals surface area contributed by atoms with Crippen LogP contribution in [0.4, 0.5) is 0 Å². The third-order valence-corrected chi connectivity index (χ3v) is 2.45. The van der Waals surface area contributed by atoms with Crippen LogP contribution in [-0.4, -0.2) is 32.9 Å². The summed E-state index contributed by atoms with van der Waals surface area (Å²) in [5.41, 5.74) is 0.285. The summed E-state index contributed by atoms with van der Waals surface area (Å²) in [5.74, 6) is 0.324. The molecular weight excluding hydrogens is 321 g/mol. The molecule has 16 heavy (non-hydrogen) atoms. The third-order valence-electron chi connectivity index (χ3n) is 1.90. The van der Waals surface area contributed by atoms with Gasteiger partial charge in [0.25, 0.3) is 5.91 Å². The van der Waals surface area contributed by atoms with Crippen molar-refractivity contribution in [3.05, 3.63) is 33.8 Å². The summed E-state index contributed by atoms with van der Waals surface area (Å²) in [6.07, 6.45) is 3.54. The van der Waals surface area contributed by atoms with Gasteiger partial charge in [0, 0.05) is 13.2 Å². The van der Waals surface area contributed by atoms with Crippen molar-refractivity contribution in [2.45, 2.75) is 0 Å². The Morgan fingerprint density at radius 3 is 2.75 bits per heavy atom. The standard InChI is InChI=1S/C9H8IN5O/c1-11-9(16)7-2-3-8(14-13-7)15-5-6(10)4-12-15/h2-5H,1H3,(H,11,16). The van der Waals surface area contributed by atoms with E-state index in [4.69, 9.17) is 0 Å². The van der Waals surface area contributed by atoms with Crippen LogP contribution in [0.15, 0.2) is 24.5 Å². The first kappa shape index (κ1) is 11.0. The minimum absolute atomic E-state index is 0.255. The summed E-state index contributed by atoms with van der Waals surface area (Å²) in [7, 11) is 1.55. The van der Waals surface area contributed by atoms with Crippen LogP contribution in [0.5, 0.6) is 0 Å². The van der Waals surface area contributed by atoms with E-state index < -0.39 is 0 Å². The van der Waals surface area contributed by atoms with Crippen LogP contribution in [0.2, 0.25) is 0 Å². The summed E-state index contributed by atoms with van der Waals surface area (Å²) in [6, 6.07) is 3.30. The fourth-order valence-corrected chi connectivity index (χ4v) is 1.51. The van der Waals surface area contributed by atoms with Gasteiger partial charge in [-0.05, 0) is 34.7 Å². The number of hydrogen-bond acceptors (Lipinski definition) is 4. The van der Waals surface area contributed by atoms with Gasteiger partial charge in [-0.2, -0.15) is 5.10 Å². The number of aromatic nitrogens is 4. The van der Waals surface area contributed by atoms with E-state index in [0.29, 0.717) is 5.82 Å². The van der Waals surface area contributed by atoms with E-state index in [-0.39, 0.29) is 11.6 Å². The van der Waals surface area contributed by atoms with E-state index >= 15 is 0 Å². The summed E-state index contributed by atoms with van der Waals surface area (Å²) in [4.78, 5) is 11.2. The fraction of sp³-hybridized carbons (Fsp3) is 0.111. The summed E-state index contributed by atoms with van der Waals surface area (Å²) in [5, 5.41) is 14.3. The lowest BCUT2D eigenvalue weighted by Gasteiger charge is -2.00. The van der Waals surface area contributed by atoms with Gasteiger partial charge in [-0.15, -0.1) is 10.2 Å². The molecule has 0 fully saturated rings. The van der Waals surface area contributed by atoms with Crippen molar-refractivity contribution >= 4 is 28.5 Å².